The monoisotopic (exact) mass is 389 g/mol. The highest BCUT2D eigenvalue weighted by Gasteiger charge is 2.37. The van der Waals surface area contributed by atoms with Crippen molar-refractivity contribution in [3.05, 3.63) is 48.5 Å². The van der Waals surface area contributed by atoms with Crippen molar-refractivity contribution in [2.24, 2.45) is 11.8 Å². The molecule has 3 N–H and O–H groups in total. The SMILES string of the molecule is O=C(Nc1cccc2[nH]ccc12)c1cc(NC(C2CCCCC2)C2CC2)ncn1. The second kappa shape index (κ2) is 7.85. The van der Waals surface area contributed by atoms with Gasteiger partial charge >= 0.3 is 0 Å². The van der Waals surface area contributed by atoms with Crippen LogP contribution in [0.1, 0.15) is 55.4 Å². The van der Waals surface area contributed by atoms with Gasteiger partial charge in [-0.3, -0.25) is 4.79 Å². The number of fused-ring (bicyclic) bond motifs is 1. The molecule has 6 heteroatoms. The zero-order valence-electron chi connectivity index (χ0n) is 16.5. The summed E-state index contributed by atoms with van der Waals surface area (Å²) in [4.78, 5) is 24.6. The van der Waals surface area contributed by atoms with Gasteiger partial charge in [-0.05, 0) is 55.7 Å². The number of rotatable bonds is 6. The number of nitrogens with zero attached hydrogens (tertiary/aromatic N) is 2. The van der Waals surface area contributed by atoms with Crippen LogP contribution in [0.15, 0.2) is 42.9 Å². The second-order valence-electron chi connectivity index (χ2n) is 8.39. The maximum atomic E-state index is 12.8. The molecule has 2 aromatic heterocycles. The molecule has 1 amide bonds. The minimum absolute atomic E-state index is 0.218. The van der Waals surface area contributed by atoms with Gasteiger partial charge in [-0.1, -0.05) is 25.3 Å². The summed E-state index contributed by atoms with van der Waals surface area (Å²) in [6, 6.07) is 10.0. The van der Waals surface area contributed by atoms with Crippen molar-refractivity contribution in [3.8, 4) is 0 Å². The van der Waals surface area contributed by atoms with Gasteiger partial charge in [-0.2, -0.15) is 0 Å². The number of amides is 1. The number of hydrogen-bond acceptors (Lipinski definition) is 4. The molecule has 2 fully saturated rings. The fraction of sp³-hybridized carbons (Fsp3) is 0.435. The Balaban J connectivity index is 1.32. The molecule has 0 saturated heterocycles. The van der Waals surface area contributed by atoms with E-state index in [0.717, 1.165) is 34.2 Å². The van der Waals surface area contributed by atoms with Gasteiger partial charge in [-0.15, -0.1) is 0 Å². The van der Waals surface area contributed by atoms with E-state index in [4.69, 9.17) is 0 Å². The lowest BCUT2D eigenvalue weighted by atomic mass is 9.82. The summed E-state index contributed by atoms with van der Waals surface area (Å²) in [5.74, 6) is 2.00. The standard InChI is InChI=1S/C23H27N5O/c29-23(27-19-8-4-7-18-17(19)11-12-24-18)20-13-21(26-14-25-20)28-22(16-9-10-16)15-5-2-1-3-6-15/h4,7-8,11-16,22,24H,1-3,5-6,9-10H2,(H,27,29)(H,25,26,28). The molecule has 0 aliphatic heterocycles. The van der Waals surface area contributed by atoms with Crippen molar-refractivity contribution in [1.82, 2.24) is 15.0 Å². The quantitative estimate of drug-likeness (QED) is 0.555. The lowest BCUT2D eigenvalue weighted by Gasteiger charge is -2.31. The summed E-state index contributed by atoms with van der Waals surface area (Å²) in [7, 11) is 0. The molecule has 2 aliphatic carbocycles. The smallest absolute Gasteiger partial charge is 0.274 e. The normalized spacial score (nSPS) is 18.5. The Morgan fingerprint density at radius 3 is 2.69 bits per heavy atom. The Kier molecular flexibility index (Phi) is 4.92. The molecule has 2 aliphatic rings. The maximum Gasteiger partial charge on any atom is 0.274 e. The molecule has 2 saturated carbocycles. The molecular weight excluding hydrogens is 362 g/mol. The first kappa shape index (κ1) is 18.2. The van der Waals surface area contributed by atoms with Gasteiger partial charge in [0.2, 0.25) is 0 Å². The van der Waals surface area contributed by atoms with E-state index >= 15 is 0 Å². The summed E-state index contributed by atoms with van der Waals surface area (Å²) in [5.41, 5.74) is 2.15. The zero-order chi connectivity index (χ0) is 19.6. The minimum atomic E-state index is -0.218. The third kappa shape index (κ3) is 3.97. The minimum Gasteiger partial charge on any atom is -0.367 e. The van der Waals surface area contributed by atoms with Crippen molar-refractivity contribution in [2.45, 2.75) is 51.0 Å². The zero-order valence-corrected chi connectivity index (χ0v) is 16.5. The van der Waals surface area contributed by atoms with Crippen LogP contribution in [-0.4, -0.2) is 26.9 Å². The summed E-state index contributed by atoms with van der Waals surface area (Å²) >= 11 is 0. The summed E-state index contributed by atoms with van der Waals surface area (Å²) < 4.78 is 0. The predicted molar refractivity (Wildman–Crippen MR) is 115 cm³/mol. The van der Waals surface area contributed by atoms with Crippen molar-refractivity contribution < 1.29 is 4.79 Å². The van der Waals surface area contributed by atoms with E-state index in [1.807, 2.05) is 30.5 Å². The number of carbonyl (C=O) groups is 1. The lowest BCUT2D eigenvalue weighted by molar-refractivity contribution is 0.102. The van der Waals surface area contributed by atoms with E-state index in [2.05, 4.69) is 25.6 Å². The molecule has 0 radical (unpaired) electrons. The van der Waals surface area contributed by atoms with Crippen LogP contribution >= 0.6 is 0 Å². The van der Waals surface area contributed by atoms with Crippen molar-refractivity contribution in [2.75, 3.05) is 10.6 Å². The van der Waals surface area contributed by atoms with Crippen LogP contribution in [0.4, 0.5) is 11.5 Å². The van der Waals surface area contributed by atoms with E-state index in [9.17, 15) is 4.79 Å². The van der Waals surface area contributed by atoms with Gasteiger partial charge in [-0.25, -0.2) is 9.97 Å². The number of nitrogens with one attached hydrogen (secondary N) is 3. The fourth-order valence-corrected chi connectivity index (χ4v) is 4.68. The molecule has 1 aromatic carbocycles. The number of hydrogen-bond donors (Lipinski definition) is 3. The summed E-state index contributed by atoms with van der Waals surface area (Å²) in [6.07, 6.45) is 12.6. The Bertz CT molecular complexity index is 1000. The van der Waals surface area contributed by atoms with Crippen LogP contribution in [0.2, 0.25) is 0 Å². The molecule has 0 spiro atoms. The number of aromatic nitrogens is 3. The van der Waals surface area contributed by atoms with Crippen molar-refractivity contribution in [1.29, 1.82) is 0 Å². The molecule has 1 unspecified atom stereocenters. The Labute approximate surface area is 170 Å². The first-order valence-electron chi connectivity index (χ1n) is 10.7. The molecule has 150 valence electrons. The number of H-pyrrole nitrogens is 1. The van der Waals surface area contributed by atoms with Gasteiger partial charge in [0, 0.05) is 29.2 Å². The van der Waals surface area contributed by atoms with Gasteiger partial charge < -0.3 is 15.6 Å². The highest BCUT2D eigenvalue weighted by Crippen LogP contribution is 2.41. The maximum absolute atomic E-state index is 12.8. The molecule has 2 heterocycles. The highest BCUT2D eigenvalue weighted by atomic mass is 16.1. The first-order chi connectivity index (χ1) is 14.3. The average Bonchev–Trinajstić information content (AvgIpc) is 3.49. The molecule has 5 rings (SSSR count). The van der Waals surface area contributed by atoms with E-state index < -0.39 is 0 Å². The van der Waals surface area contributed by atoms with Gasteiger partial charge in [0.15, 0.2) is 0 Å². The fourth-order valence-electron chi connectivity index (χ4n) is 4.68. The molecule has 6 nitrogen and oxygen atoms in total. The van der Waals surface area contributed by atoms with Crippen LogP contribution in [0.5, 0.6) is 0 Å². The van der Waals surface area contributed by atoms with E-state index in [0.29, 0.717) is 11.7 Å². The average molecular weight is 390 g/mol. The topological polar surface area (TPSA) is 82.7 Å². The highest BCUT2D eigenvalue weighted by molar-refractivity contribution is 6.08. The van der Waals surface area contributed by atoms with Crippen LogP contribution in [0.25, 0.3) is 10.9 Å². The van der Waals surface area contributed by atoms with Crippen molar-refractivity contribution >= 4 is 28.3 Å². The molecule has 29 heavy (non-hydrogen) atoms. The number of anilines is 2. The van der Waals surface area contributed by atoms with Crippen LogP contribution in [0, 0.1) is 11.8 Å². The van der Waals surface area contributed by atoms with Gasteiger partial charge in [0.25, 0.3) is 5.91 Å². The largest absolute Gasteiger partial charge is 0.367 e. The van der Waals surface area contributed by atoms with Gasteiger partial charge in [0.05, 0.1) is 5.69 Å². The Hall–Kier alpha value is -2.89. The first-order valence-corrected chi connectivity index (χ1v) is 10.7. The Morgan fingerprint density at radius 1 is 1.03 bits per heavy atom. The Morgan fingerprint density at radius 2 is 1.86 bits per heavy atom. The number of benzene rings is 1. The molecule has 0 bridgehead atoms. The van der Waals surface area contributed by atoms with E-state index in [-0.39, 0.29) is 5.91 Å². The summed E-state index contributed by atoms with van der Waals surface area (Å²) in [6.45, 7) is 0. The van der Waals surface area contributed by atoms with Crippen LogP contribution in [-0.2, 0) is 0 Å². The predicted octanol–water partition coefficient (Wildman–Crippen LogP) is 4.98. The number of aromatic amines is 1. The second-order valence-corrected chi connectivity index (χ2v) is 8.39. The van der Waals surface area contributed by atoms with Crippen molar-refractivity contribution in [3.63, 3.8) is 0 Å². The molecule has 1 atom stereocenters. The third-order valence-corrected chi connectivity index (χ3v) is 6.35. The van der Waals surface area contributed by atoms with Crippen LogP contribution in [0.3, 0.4) is 0 Å². The lowest BCUT2D eigenvalue weighted by Crippen LogP contribution is -2.33. The van der Waals surface area contributed by atoms with Crippen LogP contribution < -0.4 is 10.6 Å². The van der Waals surface area contributed by atoms with E-state index in [1.165, 1.54) is 51.3 Å². The summed E-state index contributed by atoms with van der Waals surface area (Å²) in [5, 5.41) is 7.63. The molecule has 3 aromatic rings. The van der Waals surface area contributed by atoms with E-state index in [1.54, 1.807) is 6.07 Å². The number of carbonyl (C=O) groups excluding carboxylic acids is 1. The van der Waals surface area contributed by atoms with Gasteiger partial charge in [0.1, 0.15) is 17.8 Å². The third-order valence-electron chi connectivity index (χ3n) is 6.35. The molecular formula is C23H27N5O.